The van der Waals surface area contributed by atoms with Crippen LogP contribution in [0.3, 0.4) is 0 Å². The number of likely N-dealkylation sites (tertiary alicyclic amines) is 1. The topological polar surface area (TPSA) is 72.1 Å². The SMILES string of the molecule is COc1ccc(OC)c([C@H]2C3CCCCC3(O)CCN2C(=O)c2ccco2)c1. The predicted octanol–water partition coefficient (Wildman–Crippen LogP) is 3.81. The molecule has 3 atom stereocenters. The molecule has 0 bridgehead atoms. The van der Waals surface area contributed by atoms with Crippen molar-refractivity contribution in [2.24, 2.45) is 5.92 Å². The number of benzene rings is 1. The minimum atomic E-state index is -0.767. The number of methoxy groups -OCH3 is 2. The summed E-state index contributed by atoms with van der Waals surface area (Å²) in [7, 11) is 3.25. The van der Waals surface area contributed by atoms with E-state index in [2.05, 4.69) is 0 Å². The van der Waals surface area contributed by atoms with E-state index >= 15 is 0 Å². The molecule has 4 rings (SSSR count). The van der Waals surface area contributed by atoms with Crippen molar-refractivity contribution in [2.75, 3.05) is 20.8 Å². The molecule has 1 amide bonds. The number of nitrogens with zero attached hydrogens (tertiary/aromatic N) is 1. The third-order valence-electron chi connectivity index (χ3n) is 6.32. The molecular weight excluding hydrogens is 358 g/mol. The average Bonchev–Trinajstić information content (AvgIpc) is 3.26. The standard InChI is InChI=1S/C22H27NO5/c1-26-15-8-9-18(27-2)16(14-15)20-17-6-3-4-10-22(17,25)11-12-23(20)21(24)19-7-5-13-28-19/h5,7-9,13-14,17,20,25H,3-4,6,10-12H2,1-2H3/t17?,20-,22?/m0/s1. The Morgan fingerprint density at radius 1 is 1.21 bits per heavy atom. The lowest BCUT2D eigenvalue weighted by Crippen LogP contribution is -2.56. The molecule has 2 heterocycles. The second kappa shape index (κ2) is 7.51. The minimum absolute atomic E-state index is 0.0603. The molecular formula is C22H27NO5. The van der Waals surface area contributed by atoms with Gasteiger partial charge < -0.3 is 23.9 Å². The second-order valence-corrected chi connectivity index (χ2v) is 7.73. The van der Waals surface area contributed by atoms with Crippen molar-refractivity contribution in [1.29, 1.82) is 0 Å². The van der Waals surface area contributed by atoms with E-state index in [-0.39, 0.29) is 17.9 Å². The number of hydrogen-bond donors (Lipinski definition) is 1. The molecule has 1 N–H and O–H groups in total. The van der Waals surface area contributed by atoms with Crippen LogP contribution in [-0.2, 0) is 0 Å². The summed E-state index contributed by atoms with van der Waals surface area (Å²) in [6, 6.07) is 8.73. The average molecular weight is 385 g/mol. The zero-order chi connectivity index (χ0) is 19.7. The number of rotatable bonds is 4. The van der Waals surface area contributed by atoms with Crippen LogP contribution in [0.2, 0.25) is 0 Å². The van der Waals surface area contributed by atoms with Crippen molar-refractivity contribution in [2.45, 2.75) is 43.7 Å². The highest BCUT2D eigenvalue weighted by Crippen LogP contribution is 2.51. The normalized spacial score (nSPS) is 27.2. The third kappa shape index (κ3) is 3.15. The van der Waals surface area contributed by atoms with Crippen LogP contribution in [0.25, 0.3) is 0 Å². The number of carbonyl (C=O) groups excluding carboxylic acids is 1. The van der Waals surface area contributed by atoms with Gasteiger partial charge in [-0.1, -0.05) is 12.8 Å². The molecule has 1 aromatic carbocycles. The van der Waals surface area contributed by atoms with E-state index in [1.54, 1.807) is 26.4 Å². The van der Waals surface area contributed by atoms with E-state index in [9.17, 15) is 9.90 Å². The monoisotopic (exact) mass is 385 g/mol. The smallest absolute Gasteiger partial charge is 0.290 e. The summed E-state index contributed by atoms with van der Waals surface area (Å²) < 4.78 is 16.5. The molecule has 1 aliphatic heterocycles. The Kier molecular flexibility index (Phi) is 5.06. The van der Waals surface area contributed by atoms with Crippen LogP contribution >= 0.6 is 0 Å². The van der Waals surface area contributed by atoms with Gasteiger partial charge in [-0.25, -0.2) is 0 Å². The second-order valence-electron chi connectivity index (χ2n) is 7.73. The zero-order valence-corrected chi connectivity index (χ0v) is 16.4. The number of carbonyl (C=O) groups is 1. The van der Waals surface area contributed by atoms with Crippen molar-refractivity contribution >= 4 is 5.91 Å². The first-order valence-electron chi connectivity index (χ1n) is 9.86. The summed E-state index contributed by atoms with van der Waals surface area (Å²) in [5.74, 6) is 1.49. The zero-order valence-electron chi connectivity index (χ0n) is 16.4. The summed E-state index contributed by atoms with van der Waals surface area (Å²) in [6.45, 7) is 0.470. The Bertz CT molecular complexity index is 833. The summed E-state index contributed by atoms with van der Waals surface area (Å²) >= 11 is 0. The van der Waals surface area contributed by atoms with Crippen molar-refractivity contribution in [3.63, 3.8) is 0 Å². The molecule has 2 aliphatic rings. The molecule has 28 heavy (non-hydrogen) atoms. The first-order valence-corrected chi connectivity index (χ1v) is 9.86. The highest BCUT2D eigenvalue weighted by atomic mass is 16.5. The van der Waals surface area contributed by atoms with Gasteiger partial charge in [0.05, 0.1) is 32.1 Å². The van der Waals surface area contributed by atoms with Crippen molar-refractivity contribution in [3.05, 3.63) is 47.9 Å². The molecule has 0 radical (unpaired) electrons. The number of hydrogen-bond acceptors (Lipinski definition) is 5. The molecule has 2 unspecified atom stereocenters. The van der Waals surface area contributed by atoms with Gasteiger partial charge >= 0.3 is 0 Å². The van der Waals surface area contributed by atoms with Gasteiger partial charge in [-0.15, -0.1) is 0 Å². The van der Waals surface area contributed by atoms with E-state index in [1.807, 2.05) is 23.1 Å². The Balaban J connectivity index is 1.82. The molecule has 0 spiro atoms. The Labute approximate surface area is 165 Å². The van der Waals surface area contributed by atoms with Gasteiger partial charge in [-0.3, -0.25) is 4.79 Å². The largest absolute Gasteiger partial charge is 0.497 e. The number of fused-ring (bicyclic) bond motifs is 1. The van der Waals surface area contributed by atoms with Crippen LogP contribution in [0, 0.1) is 5.92 Å². The highest BCUT2D eigenvalue weighted by Gasteiger charge is 2.51. The number of amides is 1. The van der Waals surface area contributed by atoms with Gasteiger partial charge in [-0.2, -0.15) is 0 Å². The molecule has 2 fully saturated rings. The van der Waals surface area contributed by atoms with Gasteiger partial charge in [0, 0.05) is 18.0 Å². The molecule has 6 nitrogen and oxygen atoms in total. The van der Waals surface area contributed by atoms with Gasteiger partial charge in [0.15, 0.2) is 5.76 Å². The molecule has 1 aliphatic carbocycles. The van der Waals surface area contributed by atoms with Crippen LogP contribution in [0.15, 0.2) is 41.0 Å². The van der Waals surface area contributed by atoms with Crippen LogP contribution in [0.4, 0.5) is 0 Å². The minimum Gasteiger partial charge on any atom is -0.497 e. The maximum absolute atomic E-state index is 13.3. The van der Waals surface area contributed by atoms with E-state index in [4.69, 9.17) is 13.9 Å². The number of ether oxygens (including phenoxy) is 2. The van der Waals surface area contributed by atoms with Crippen LogP contribution in [-0.4, -0.2) is 42.3 Å². The molecule has 1 saturated carbocycles. The highest BCUT2D eigenvalue weighted by molar-refractivity contribution is 5.92. The maximum atomic E-state index is 13.3. The first kappa shape index (κ1) is 18.9. The third-order valence-corrected chi connectivity index (χ3v) is 6.32. The molecule has 2 aromatic rings. The fourth-order valence-electron chi connectivity index (χ4n) is 4.91. The Hall–Kier alpha value is -2.47. The van der Waals surface area contributed by atoms with Crippen molar-refractivity contribution in [3.8, 4) is 11.5 Å². The van der Waals surface area contributed by atoms with Crippen LogP contribution in [0.5, 0.6) is 11.5 Å². The lowest BCUT2D eigenvalue weighted by Gasteiger charge is -2.52. The predicted molar refractivity (Wildman–Crippen MR) is 104 cm³/mol. The number of furan rings is 1. The number of aliphatic hydroxyl groups is 1. The van der Waals surface area contributed by atoms with Gasteiger partial charge in [0.25, 0.3) is 5.91 Å². The summed E-state index contributed by atoms with van der Waals surface area (Å²) in [5.41, 5.74) is 0.100. The lowest BCUT2D eigenvalue weighted by molar-refractivity contribution is -0.115. The molecule has 150 valence electrons. The van der Waals surface area contributed by atoms with E-state index in [0.717, 1.165) is 31.2 Å². The summed E-state index contributed by atoms with van der Waals surface area (Å²) in [6.07, 6.45) is 5.77. The van der Waals surface area contributed by atoms with Crippen LogP contribution < -0.4 is 9.47 Å². The molecule has 1 saturated heterocycles. The quantitative estimate of drug-likeness (QED) is 0.867. The molecule has 6 heteroatoms. The van der Waals surface area contributed by atoms with Crippen molar-refractivity contribution < 1.29 is 23.8 Å². The van der Waals surface area contributed by atoms with E-state index < -0.39 is 5.60 Å². The fourth-order valence-corrected chi connectivity index (χ4v) is 4.91. The van der Waals surface area contributed by atoms with E-state index in [1.165, 1.54) is 6.26 Å². The lowest BCUT2D eigenvalue weighted by atomic mass is 9.66. The van der Waals surface area contributed by atoms with Gasteiger partial charge in [-0.05, 0) is 49.6 Å². The van der Waals surface area contributed by atoms with Crippen molar-refractivity contribution in [1.82, 2.24) is 4.90 Å². The Morgan fingerprint density at radius 3 is 2.79 bits per heavy atom. The number of piperidine rings is 1. The van der Waals surface area contributed by atoms with Gasteiger partial charge in [0.2, 0.25) is 0 Å². The summed E-state index contributed by atoms with van der Waals surface area (Å²) in [4.78, 5) is 15.1. The van der Waals surface area contributed by atoms with E-state index in [0.29, 0.717) is 30.2 Å². The van der Waals surface area contributed by atoms with Gasteiger partial charge in [0.1, 0.15) is 11.5 Å². The molecule has 1 aromatic heterocycles. The maximum Gasteiger partial charge on any atom is 0.290 e. The Morgan fingerprint density at radius 2 is 2.07 bits per heavy atom. The first-order chi connectivity index (χ1) is 13.6. The fraction of sp³-hybridized carbons (Fsp3) is 0.500. The van der Waals surface area contributed by atoms with Crippen LogP contribution in [0.1, 0.15) is 54.3 Å². The summed E-state index contributed by atoms with van der Waals surface area (Å²) in [5, 5.41) is 11.4.